The first-order chi connectivity index (χ1) is 22.3. The maximum absolute atomic E-state index is 12.9. The highest BCUT2D eigenvalue weighted by molar-refractivity contribution is 7.98. The van der Waals surface area contributed by atoms with Gasteiger partial charge >= 0.3 is 12.2 Å². The number of nitrogens with zero attached hydrogens (tertiary/aromatic N) is 6. The van der Waals surface area contributed by atoms with Gasteiger partial charge in [-0.25, -0.2) is 19.6 Å². The lowest BCUT2D eigenvalue weighted by Gasteiger charge is -2.36. The van der Waals surface area contributed by atoms with Crippen molar-refractivity contribution in [3.8, 4) is 0 Å². The molecule has 3 aromatic rings. The zero-order valence-corrected chi connectivity index (χ0v) is 29.5. The van der Waals surface area contributed by atoms with Crippen LogP contribution in [-0.4, -0.2) is 71.6 Å². The SMILES string of the molecule is CC(C)(C)OC(=O)N1c2nc(Cl)ccc2N2CC[C@H]1C2.CC(C)(C)OC(=O)N1c2nc(SCc3ccccc3)ccc2N2CC[C@H]1C2. The van der Waals surface area contributed by atoms with E-state index in [9.17, 15) is 9.59 Å². The summed E-state index contributed by atoms with van der Waals surface area (Å²) in [4.78, 5) is 42.6. The number of benzene rings is 1. The topological polar surface area (TPSA) is 91.3 Å². The fourth-order valence-electron chi connectivity index (χ4n) is 6.28. The van der Waals surface area contributed by atoms with Crippen molar-refractivity contribution >= 4 is 58.6 Å². The molecule has 2 saturated heterocycles. The van der Waals surface area contributed by atoms with Crippen molar-refractivity contribution in [3.05, 3.63) is 65.3 Å². The van der Waals surface area contributed by atoms with Crippen molar-refractivity contribution in [2.24, 2.45) is 0 Å². The molecule has 2 fully saturated rings. The number of carbonyl (C=O) groups is 2. The van der Waals surface area contributed by atoms with Crippen LogP contribution in [0, 0.1) is 0 Å². The van der Waals surface area contributed by atoms with E-state index in [1.165, 1.54) is 5.56 Å². The Morgan fingerprint density at radius 1 is 0.766 bits per heavy atom. The third-order valence-electron chi connectivity index (χ3n) is 8.25. The summed E-state index contributed by atoms with van der Waals surface area (Å²) in [6.07, 6.45) is 1.23. The zero-order valence-electron chi connectivity index (χ0n) is 27.9. The molecule has 0 unspecified atom stereocenters. The molecular formula is C35H43ClN6O4S. The third kappa shape index (κ3) is 7.56. The first-order valence-electron chi connectivity index (χ1n) is 16.1. The lowest BCUT2D eigenvalue weighted by Crippen LogP contribution is -2.48. The number of hydrogen-bond donors (Lipinski definition) is 0. The molecule has 7 rings (SSSR count). The molecule has 2 atom stereocenters. The fraction of sp³-hybridized carbons (Fsp3) is 0.486. The Morgan fingerprint density at radius 2 is 1.28 bits per heavy atom. The van der Waals surface area contributed by atoms with Gasteiger partial charge in [0.25, 0.3) is 0 Å². The molecular weight excluding hydrogens is 636 g/mol. The molecule has 47 heavy (non-hydrogen) atoms. The normalized spacial score (nSPS) is 19.5. The van der Waals surface area contributed by atoms with Gasteiger partial charge in [0.2, 0.25) is 0 Å². The van der Waals surface area contributed by atoms with E-state index in [4.69, 9.17) is 26.1 Å². The van der Waals surface area contributed by atoms with Crippen LogP contribution in [0.2, 0.25) is 5.15 Å². The maximum atomic E-state index is 12.9. The molecule has 6 heterocycles. The van der Waals surface area contributed by atoms with Crippen LogP contribution in [0.5, 0.6) is 0 Å². The minimum atomic E-state index is -0.522. The first-order valence-corrected chi connectivity index (χ1v) is 17.5. The summed E-state index contributed by atoms with van der Waals surface area (Å²) in [5, 5.41) is 1.31. The molecule has 0 spiro atoms. The van der Waals surface area contributed by atoms with Gasteiger partial charge < -0.3 is 19.3 Å². The molecule has 0 saturated carbocycles. The molecule has 0 radical (unpaired) electrons. The Labute approximate surface area is 286 Å². The van der Waals surface area contributed by atoms with E-state index in [0.717, 1.165) is 67.0 Å². The van der Waals surface area contributed by atoms with Gasteiger partial charge in [0.1, 0.15) is 16.4 Å². The Morgan fingerprint density at radius 3 is 1.81 bits per heavy atom. The third-order valence-corrected chi connectivity index (χ3v) is 9.47. The van der Waals surface area contributed by atoms with Crippen LogP contribution in [-0.2, 0) is 15.2 Å². The van der Waals surface area contributed by atoms with Crippen LogP contribution in [0.15, 0.2) is 59.6 Å². The van der Waals surface area contributed by atoms with Crippen molar-refractivity contribution < 1.29 is 19.1 Å². The maximum Gasteiger partial charge on any atom is 0.416 e. The number of pyridine rings is 2. The van der Waals surface area contributed by atoms with E-state index in [-0.39, 0.29) is 24.3 Å². The number of hydrogen-bond acceptors (Lipinski definition) is 9. The Balaban J connectivity index is 0.000000172. The second-order valence-electron chi connectivity index (χ2n) is 14.2. The summed E-state index contributed by atoms with van der Waals surface area (Å²) >= 11 is 7.67. The number of anilines is 4. The Kier molecular flexibility index (Phi) is 9.24. The predicted octanol–water partition coefficient (Wildman–Crippen LogP) is 7.78. The van der Waals surface area contributed by atoms with Crippen molar-refractivity contribution in [2.45, 2.75) is 88.4 Å². The Bertz CT molecular complexity index is 1630. The van der Waals surface area contributed by atoms with Crippen LogP contribution < -0.4 is 19.6 Å². The second-order valence-corrected chi connectivity index (χ2v) is 15.6. The van der Waals surface area contributed by atoms with E-state index in [1.54, 1.807) is 27.6 Å². The van der Waals surface area contributed by atoms with Gasteiger partial charge in [-0.3, -0.25) is 9.80 Å². The van der Waals surface area contributed by atoms with Crippen molar-refractivity contribution in [2.75, 3.05) is 45.8 Å². The molecule has 4 aliphatic heterocycles. The number of fused-ring (bicyclic) bond motifs is 8. The van der Waals surface area contributed by atoms with Crippen LogP contribution in [0.1, 0.15) is 59.9 Å². The summed E-state index contributed by atoms with van der Waals surface area (Å²) in [5.41, 5.74) is 2.20. The summed E-state index contributed by atoms with van der Waals surface area (Å²) in [6.45, 7) is 14.9. The van der Waals surface area contributed by atoms with E-state index in [0.29, 0.717) is 11.0 Å². The number of amides is 2. The monoisotopic (exact) mass is 678 g/mol. The van der Waals surface area contributed by atoms with E-state index in [2.05, 4.69) is 39.0 Å². The number of carbonyl (C=O) groups excluding carboxylic acids is 2. The van der Waals surface area contributed by atoms with E-state index >= 15 is 0 Å². The highest BCUT2D eigenvalue weighted by atomic mass is 35.5. The number of thioether (sulfide) groups is 1. The molecule has 0 N–H and O–H groups in total. The molecule has 0 aliphatic carbocycles. The van der Waals surface area contributed by atoms with Crippen LogP contribution in [0.4, 0.5) is 32.6 Å². The van der Waals surface area contributed by atoms with Gasteiger partial charge in [-0.1, -0.05) is 41.9 Å². The molecule has 10 nitrogen and oxygen atoms in total. The Hall–Kier alpha value is -3.70. The molecule has 12 heteroatoms. The number of ether oxygens (including phenoxy) is 2. The molecule has 2 aromatic heterocycles. The van der Waals surface area contributed by atoms with Gasteiger partial charge in [-0.15, -0.1) is 11.8 Å². The smallest absolute Gasteiger partial charge is 0.416 e. The molecule has 4 bridgehead atoms. The highest BCUT2D eigenvalue weighted by Gasteiger charge is 2.43. The van der Waals surface area contributed by atoms with Gasteiger partial charge in [-0.2, -0.15) is 0 Å². The van der Waals surface area contributed by atoms with E-state index in [1.807, 2.05) is 65.8 Å². The number of aromatic nitrogens is 2. The lowest BCUT2D eigenvalue weighted by atomic mass is 10.2. The quantitative estimate of drug-likeness (QED) is 0.203. The van der Waals surface area contributed by atoms with Crippen molar-refractivity contribution in [1.29, 1.82) is 0 Å². The van der Waals surface area contributed by atoms with E-state index < -0.39 is 11.2 Å². The average molecular weight is 679 g/mol. The summed E-state index contributed by atoms with van der Waals surface area (Å²) in [5.74, 6) is 2.20. The van der Waals surface area contributed by atoms with Gasteiger partial charge in [0.05, 0.1) is 28.5 Å². The molecule has 2 amide bonds. The number of halogens is 1. The predicted molar refractivity (Wildman–Crippen MR) is 188 cm³/mol. The standard InChI is InChI=1S/C21H25N3O2S.C14H18ClN3O2/c1-21(2,3)26-20(25)24-16-11-12-23(13-16)17-9-10-18(22-19(17)24)27-14-15-7-5-4-6-8-15;1-14(2,3)20-13(19)18-9-6-7-17(8-9)10-4-5-11(15)16-12(10)18/h4-10,16H,11-14H2,1-3H3;4-5,9H,6-8H2,1-3H3/t16-;9-/m00/s1. The summed E-state index contributed by atoms with van der Waals surface area (Å²) < 4.78 is 11.2. The van der Waals surface area contributed by atoms with Crippen molar-refractivity contribution in [3.63, 3.8) is 0 Å². The van der Waals surface area contributed by atoms with Gasteiger partial charge in [0, 0.05) is 31.9 Å². The van der Waals surface area contributed by atoms with Crippen LogP contribution in [0.3, 0.4) is 0 Å². The zero-order chi connectivity index (χ0) is 33.5. The summed E-state index contributed by atoms with van der Waals surface area (Å²) in [7, 11) is 0. The number of rotatable bonds is 3. The average Bonchev–Trinajstić information content (AvgIpc) is 3.61. The van der Waals surface area contributed by atoms with Gasteiger partial charge in [0.15, 0.2) is 11.6 Å². The molecule has 250 valence electrons. The second kappa shape index (κ2) is 13.1. The van der Waals surface area contributed by atoms with Crippen molar-refractivity contribution in [1.82, 2.24) is 9.97 Å². The molecule has 1 aromatic carbocycles. The lowest BCUT2D eigenvalue weighted by molar-refractivity contribution is 0.0554. The fourth-order valence-corrected chi connectivity index (χ4v) is 7.25. The molecule has 4 aliphatic rings. The minimum absolute atomic E-state index is 0.114. The largest absolute Gasteiger partial charge is 0.443 e. The van der Waals surface area contributed by atoms with Crippen LogP contribution in [0.25, 0.3) is 0 Å². The summed E-state index contributed by atoms with van der Waals surface area (Å²) in [6, 6.07) is 18.4. The first kappa shape index (κ1) is 33.2. The van der Waals surface area contributed by atoms with Crippen LogP contribution >= 0.6 is 23.4 Å². The minimum Gasteiger partial charge on any atom is -0.443 e. The highest BCUT2D eigenvalue weighted by Crippen LogP contribution is 2.42. The van der Waals surface area contributed by atoms with Gasteiger partial charge in [-0.05, 0) is 84.2 Å².